The average molecular weight is 594 g/mol. The molecule has 1 saturated carbocycles. The van der Waals surface area contributed by atoms with Crippen molar-refractivity contribution in [1.82, 2.24) is 10.2 Å². The van der Waals surface area contributed by atoms with E-state index in [1.807, 2.05) is 49.4 Å². The maximum Gasteiger partial charge on any atom is 0.243 e. The summed E-state index contributed by atoms with van der Waals surface area (Å²) in [5.74, 6) is -0.855. The van der Waals surface area contributed by atoms with Crippen molar-refractivity contribution in [2.75, 3.05) is 17.1 Å². The Kier molecular flexibility index (Phi) is 10.7. The summed E-state index contributed by atoms with van der Waals surface area (Å²) in [6.45, 7) is 2.18. The Morgan fingerprint density at radius 3 is 2.19 bits per heavy atom. The largest absolute Gasteiger partial charge is 0.352 e. The summed E-state index contributed by atoms with van der Waals surface area (Å²) in [6.07, 6.45) is 5.73. The van der Waals surface area contributed by atoms with Gasteiger partial charge >= 0.3 is 0 Å². The number of sulfonamides is 1. The van der Waals surface area contributed by atoms with Crippen LogP contribution in [0.3, 0.4) is 0 Å². The molecule has 1 N–H and O–H groups in total. The summed E-state index contributed by atoms with van der Waals surface area (Å²) in [6, 6.07) is 22.0. The van der Waals surface area contributed by atoms with E-state index in [1.54, 1.807) is 29.2 Å². The Labute approximate surface area is 248 Å². The van der Waals surface area contributed by atoms with E-state index in [1.165, 1.54) is 16.4 Å². The van der Waals surface area contributed by atoms with Crippen molar-refractivity contribution in [3.8, 4) is 0 Å². The molecule has 0 spiro atoms. The summed E-state index contributed by atoms with van der Waals surface area (Å²) in [5, 5.41) is 3.17. The zero-order valence-electron chi connectivity index (χ0n) is 24.3. The second-order valence-electron chi connectivity index (χ2n) is 11.1. The van der Waals surface area contributed by atoms with Crippen LogP contribution in [0, 0.1) is 12.7 Å². The van der Waals surface area contributed by atoms with E-state index in [4.69, 9.17) is 0 Å². The smallest absolute Gasteiger partial charge is 0.243 e. The van der Waals surface area contributed by atoms with Crippen LogP contribution in [0.2, 0.25) is 0 Å². The third-order valence-electron chi connectivity index (χ3n) is 7.71. The van der Waals surface area contributed by atoms with Gasteiger partial charge in [-0.3, -0.25) is 13.9 Å². The summed E-state index contributed by atoms with van der Waals surface area (Å²) in [7, 11) is -3.58. The Hall–Kier alpha value is -3.72. The molecular weight excluding hydrogens is 553 g/mol. The van der Waals surface area contributed by atoms with Crippen molar-refractivity contribution >= 4 is 27.5 Å². The van der Waals surface area contributed by atoms with Gasteiger partial charge in [0.2, 0.25) is 21.8 Å². The second-order valence-corrected chi connectivity index (χ2v) is 13.0. The number of rotatable bonds is 13. The van der Waals surface area contributed by atoms with E-state index < -0.39 is 16.1 Å². The van der Waals surface area contributed by atoms with Gasteiger partial charge in [0.15, 0.2) is 0 Å². The predicted molar refractivity (Wildman–Crippen MR) is 164 cm³/mol. The number of benzene rings is 3. The van der Waals surface area contributed by atoms with E-state index in [9.17, 15) is 22.4 Å². The van der Waals surface area contributed by atoms with Gasteiger partial charge in [-0.2, -0.15) is 0 Å². The predicted octanol–water partition coefficient (Wildman–Crippen LogP) is 5.38. The average Bonchev–Trinajstić information content (AvgIpc) is 3.47. The Morgan fingerprint density at radius 2 is 1.57 bits per heavy atom. The van der Waals surface area contributed by atoms with E-state index in [-0.39, 0.29) is 49.6 Å². The highest BCUT2D eigenvalue weighted by molar-refractivity contribution is 7.92. The molecule has 0 heterocycles. The third kappa shape index (κ3) is 8.89. The molecule has 1 aliphatic carbocycles. The van der Waals surface area contributed by atoms with Crippen LogP contribution in [0.4, 0.5) is 10.1 Å². The molecule has 42 heavy (non-hydrogen) atoms. The van der Waals surface area contributed by atoms with Crippen LogP contribution in [0.1, 0.15) is 55.2 Å². The van der Waals surface area contributed by atoms with E-state index >= 15 is 0 Å². The fourth-order valence-corrected chi connectivity index (χ4v) is 6.39. The zero-order valence-corrected chi connectivity index (χ0v) is 25.2. The Balaban J connectivity index is 1.57. The highest BCUT2D eigenvalue weighted by Crippen LogP contribution is 2.22. The van der Waals surface area contributed by atoms with Gasteiger partial charge in [-0.1, -0.05) is 73.0 Å². The molecule has 2 amide bonds. The number of nitrogens with one attached hydrogen (secondary N) is 1. The van der Waals surface area contributed by atoms with Gasteiger partial charge in [-0.15, -0.1) is 0 Å². The highest BCUT2D eigenvalue weighted by Gasteiger charge is 2.32. The molecule has 7 nitrogen and oxygen atoms in total. The topological polar surface area (TPSA) is 86.8 Å². The summed E-state index contributed by atoms with van der Waals surface area (Å²) < 4.78 is 40.2. The molecule has 0 bridgehead atoms. The van der Waals surface area contributed by atoms with Gasteiger partial charge in [0.05, 0.1) is 11.9 Å². The van der Waals surface area contributed by atoms with Gasteiger partial charge in [-0.05, 0) is 61.6 Å². The van der Waals surface area contributed by atoms with Crippen LogP contribution >= 0.6 is 0 Å². The lowest BCUT2D eigenvalue weighted by atomic mass is 10.0. The normalized spacial score (nSPS) is 14.4. The van der Waals surface area contributed by atoms with Crippen LogP contribution < -0.4 is 9.62 Å². The lowest BCUT2D eigenvalue weighted by Crippen LogP contribution is -2.52. The third-order valence-corrected chi connectivity index (χ3v) is 8.91. The van der Waals surface area contributed by atoms with E-state index in [0.29, 0.717) is 17.7 Å². The van der Waals surface area contributed by atoms with Gasteiger partial charge in [-0.25, -0.2) is 12.8 Å². The zero-order chi connectivity index (χ0) is 30.1. The van der Waals surface area contributed by atoms with Crippen LogP contribution in [0.5, 0.6) is 0 Å². The summed E-state index contributed by atoms with van der Waals surface area (Å²) in [4.78, 5) is 29.2. The molecule has 0 radical (unpaired) electrons. The second kappa shape index (κ2) is 14.4. The lowest BCUT2D eigenvalue weighted by molar-refractivity contribution is -0.141. The number of carbonyl (C=O) groups is 2. The molecule has 1 aliphatic rings. The van der Waals surface area contributed by atoms with Crippen LogP contribution in [0.15, 0.2) is 78.9 Å². The molecule has 1 fully saturated rings. The number of carbonyl (C=O) groups excluding carboxylic acids is 2. The van der Waals surface area contributed by atoms with Gasteiger partial charge in [0.1, 0.15) is 11.9 Å². The minimum atomic E-state index is -3.58. The van der Waals surface area contributed by atoms with Crippen molar-refractivity contribution in [1.29, 1.82) is 0 Å². The molecule has 3 aromatic rings. The minimum absolute atomic E-state index is 0.0427. The SMILES string of the molecule is Cc1ccc(N(CCCC(=O)N(Cc2ccc(F)cc2)C(Cc2ccccc2)C(=O)NC2CCCC2)S(C)(=O)=O)cc1. The molecule has 224 valence electrons. The molecule has 3 aromatic carbocycles. The maximum atomic E-state index is 13.9. The minimum Gasteiger partial charge on any atom is -0.352 e. The number of hydrogen-bond acceptors (Lipinski definition) is 4. The number of amides is 2. The molecule has 1 atom stereocenters. The number of halogens is 1. The number of anilines is 1. The Bertz CT molecular complexity index is 1420. The highest BCUT2D eigenvalue weighted by atomic mass is 32.2. The molecular formula is C33H40FN3O4S. The number of aryl methyl sites for hydroxylation is 1. The molecule has 0 aliphatic heterocycles. The van der Waals surface area contributed by atoms with Crippen molar-refractivity contribution < 1.29 is 22.4 Å². The monoisotopic (exact) mass is 593 g/mol. The van der Waals surface area contributed by atoms with E-state index in [2.05, 4.69) is 5.32 Å². The first-order valence-corrected chi connectivity index (χ1v) is 16.4. The summed E-state index contributed by atoms with van der Waals surface area (Å²) in [5.41, 5.74) is 3.17. The van der Waals surface area contributed by atoms with Crippen LogP contribution in [0.25, 0.3) is 0 Å². The first-order valence-electron chi connectivity index (χ1n) is 14.5. The summed E-state index contributed by atoms with van der Waals surface area (Å²) >= 11 is 0. The fourth-order valence-electron chi connectivity index (χ4n) is 5.42. The molecule has 1 unspecified atom stereocenters. The van der Waals surface area contributed by atoms with Crippen molar-refractivity contribution in [3.63, 3.8) is 0 Å². The molecule has 4 rings (SSSR count). The van der Waals surface area contributed by atoms with E-state index in [0.717, 1.165) is 43.1 Å². The molecule has 0 aromatic heterocycles. The fraction of sp³-hybridized carbons (Fsp3) is 0.394. The number of nitrogens with zero attached hydrogens (tertiary/aromatic N) is 2. The standard InChI is InChI=1S/C33H40FN3O4S/c1-25-14-20-30(21-15-25)37(42(2,40)41)22-8-13-32(38)36(24-27-16-18-28(34)19-17-27)31(23-26-9-4-3-5-10-26)33(39)35-29-11-6-7-12-29/h3-5,9-10,14-21,29,31H,6-8,11-13,22-24H2,1-2H3,(H,35,39). The van der Waals surface area contributed by atoms with Crippen molar-refractivity contribution in [2.45, 2.75) is 70.5 Å². The van der Waals surface area contributed by atoms with Gasteiger partial charge < -0.3 is 10.2 Å². The molecule has 0 saturated heterocycles. The lowest BCUT2D eigenvalue weighted by Gasteiger charge is -2.33. The van der Waals surface area contributed by atoms with Crippen molar-refractivity contribution in [3.05, 3.63) is 101 Å². The van der Waals surface area contributed by atoms with Crippen LogP contribution in [-0.2, 0) is 32.6 Å². The molecule has 9 heteroatoms. The van der Waals surface area contributed by atoms with Crippen molar-refractivity contribution in [2.24, 2.45) is 0 Å². The maximum absolute atomic E-state index is 13.9. The quantitative estimate of drug-likeness (QED) is 0.288. The van der Waals surface area contributed by atoms with Gasteiger partial charge in [0.25, 0.3) is 0 Å². The first-order chi connectivity index (χ1) is 20.1. The van der Waals surface area contributed by atoms with Gasteiger partial charge in [0, 0.05) is 32.0 Å². The van der Waals surface area contributed by atoms with Crippen LogP contribution in [-0.4, -0.2) is 50.0 Å². The Morgan fingerprint density at radius 1 is 0.929 bits per heavy atom. The number of hydrogen-bond donors (Lipinski definition) is 1. The first kappa shape index (κ1) is 31.2.